The van der Waals surface area contributed by atoms with Crippen LogP contribution in [0.1, 0.15) is 43.4 Å². The maximum absolute atomic E-state index is 12.8. The van der Waals surface area contributed by atoms with Gasteiger partial charge in [0.15, 0.2) is 0 Å². The van der Waals surface area contributed by atoms with Crippen LogP contribution in [0.5, 0.6) is 0 Å². The maximum atomic E-state index is 12.8. The Labute approximate surface area is 138 Å². The molecule has 0 saturated heterocycles. The van der Waals surface area contributed by atoms with Crippen molar-refractivity contribution in [2.75, 3.05) is 0 Å². The molecule has 0 unspecified atom stereocenters. The first-order valence-corrected chi connectivity index (χ1v) is 9.43. The monoisotopic (exact) mass is 330 g/mol. The molecule has 1 aromatic heterocycles. The van der Waals surface area contributed by atoms with Crippen molar-refractivity contribution in [2.24, 2.45) is 0 Å². The number of benzene rings is 1. The Kier molecular flexibility index (Phi) is 4.25. The molecular weight excluding hydrogens is 308 g/mol. The van der Waals surface area contributed by atoms with Crippen LogP contribution in [0.15, 0.2) is 47.6 Å². The number of fused-ring (bicyclic) bond motifs is 1. The minimum atomic E-state index is -3.57. The van der Waals surface area contributed by atoms with Gasteiger partial charge in [-0.3, -0.25) is 4.98 Å². The Morgan fingerprint density at radius 2 is 1.65 bits per heavy atom. The van der Waals surface area contributed by atoms with Gasteiger partial charge in [0, 0.05) is 12.4 Å². The molecule has 4 nitrogen and oxygen atoms in total. The van der Waals surface area contributed by atoms with E-state index in [1.165, 1.54) is 17.5 Å². The zero-order chi connectivity index (χ0) is 16.5. The van der Waals surface area contributed by atoms with Crippen molar-refractivity contribution in [3.63, 3.8) is 0 Å². The highest BCUT2D eigenvalue weighted by atomic mass is 32.2. The van der Waals surface area contributed by atoms with Crippen LogP contribution < -0.4 is 4.72 Å². The summed E-state index contributed by atoms with van der Waals surface area (Å²) in [4.78, 5) is 4.33. The number of hydrogen-bond donors (Lipinski definition) is 1. The Balaban J connectivity index is 1.90. The lowest BCUT2D eigenvalue weighted by molar-refractivity contribution is 0.471. The van der Waals surface area contributed by atoms with Crippen molar-refractivity contribution in [1.82, 2.24) is 9.71 Å². The Morgan fingerprint density at radius 3 is 2.35 bits per heavy atom. The molecule has 23 heavy (non-hydrogen) atoms. The van der Waals surface area contributed by atoms with Crippen LogP contribution in [0, 0.1) is 0 Å². The summed E-state index contributed by atoms with van der Waals surface area (Å²) in [6.07, 6.45) is 7.67. The number of aryl methyl sites for hydroxylation is 2. The highest BCUT2D eigenvalue weighted by Gasteiger charge is 2.28. The van der Waals surface area contributed by atoms with Crippen molar-refractivity contribution < 1.29 is 8.42 Å². The fraction of sp³-hybridized carbons (Fsp3) is 0.389. The van der Waals surface area contributed by atoms with Crippen LogP contribution >= 0.6 is 0 Å². The normalized spacial score (nSPS) is 15.2. The predicted octanol–water partition coefficient (Wildman–Crippen LogP) is 3.17. The van der Waals surface area contributed by atoms with Crippen LogP contribution in [-0.2, 0) is 28.4 Å². The number of nitrogens with one attached hydrogen (secondary N) is 1. The van der Waals surface area contributed by atoms with E-state index in [-0.39, 0.29) is 0 Å². The second-order valence-corrected chi connectivity index (χ2v) is 8.29. The minimum Gasteiger partial charge on any atom is -0.265 e. The molecule has 122 valence electrons. The number of aromatic nitrogens is 1. The van der Waals surface area contributed by atoms with Gasteiger partial charge in [0.05, 0.1) is 10.4 Å². The maximum Gasteiger partial charge on any atom is 0.241 e. The van der Waals surface area contributed by atoms with Gasteiger partial charge < -0.3 is 0 Å². The van der Waals surface area contributed by atoms with Crippen molar-refractivity contribution in [3.05, 3.63) is 59.4 Å². The lowest BCUT2D eigenvalue weighted by Gasteiger charge is -2.27. The average Bonchev–Trinajstić information content (AvgIpc) is 2.54. The smallest absolute Gasteiger partial charge is 0.241 e. The van der Waals surface area contributed by atoms with Gasteiger partial charge in [-0.05, 0) is 80.5 Å². The van der Waals surface area contributed by atoms with E-state index >= 15 is 0 Å². The van der Waals surface area contributed by atoms with Gasteiger partial charge in [-0.1, -0.05) is 6.07 Å². The summed E-state index contributed by atoms with van der Waals surface area (Å²) in [5, 5.41) is 0. The molecule has 0 aliphatic heterocycles. The van der Waals surface area contributed by atoms with E-state index < -0.39 is 15.6 Å². The van der Waals surface area contributed by atoms with E-state index in [2.05, 4.69) is 9.71 Å². The number of sulfonamides is 1. The summed E-state index contributed by atoms with van der Waals surface area (Å²) >= 11 is 0. The van der Waals surface area contributed by atoms with Gasteiger partial charge in [-0.15, -0.1) is 0 Å². The van der Waals surface area contributed by atoms with Crippen LogP contribution in [0.25, 0.3) is 0 Å². The summed E-state index contributed by atoms with van der Waals surface area (Å²) in [6, 6.07) is 9.17. The molecule has 0 saturated carbocycles. The fourth-order valence-corrected chi connectivity index (χ4v) is 4.55. The van der Waals surface area contributed by atoms with Gasteiger partial charge in [0.25, 0.3) is 0 Å². The SMILES string of the molecule is CC(C)(NS(=O)(=O)c1ccc2c(c1)CCCC2)c1ccncc1. The molecule has 0 radical (unpaired) electrons. The lowest BCUT2D eigenvalue weighted by atomic mass is 9.92. The third-order valence-electron chi connectivity index (χ3n) is 4.42. The van der Waals surface area contributed by atoms with Crippen LogP contribution in [0.4, 0.5) is 0 Å². The Bertz CT molecular complexity index is 799. The first-order valence-electron chi connectivity index (χ1n) is 7.95. The van der Waals surface area contributed by atoms with E-state index in [0.29, 0.717) is 4.90 Å². The molecule has 1 aliphatic rings. The summed E-state index contributed by atoms with van der Waals surface area (Å²) in [5.41, 5.74) is 2.64. The van der Waals surface area contributed by atoms with E-state index in [1.54, 1.807) is 18.5 Å². The number of hydrogen-bond acceptors (Lipinski definition) is 3. The Hall–Kier alpha value is -1.72. The molecule has 0 atom stereocenters. The zero-order valence-electron chi connectivity index (χ0n) is 13.5. The molecule has 5 heteroatoms. The third kappa shape index (κ3) is 3.46. The molecule has 1 aromatic carbocycles. The Morgan fingerprint density at radius 1 is 1.00 bits per heavy atom. The molecule has 1 heterocycles. The third-order valence-corrected chi connectivity index (χ3v) is 6.08. The fourth-order valence-electron chi connectivity index (χ4n) is 3.10. The molecule has 0 spiro atoms. The lowest BCUT2D eigenvalue weighted by Crippen LogP contribution is -2.40. The quantitative estimate of drug-likeness (QED) is 0.937. The van der Waals surface area contributed by atoms with E-state index in [1.807, 2.05) is 38.1 Å². The summed E-state index contributed by atoms with van der Waals surface area (Å²) in [7, 11) is -3.57. The van der Waals surface area contributed by atoms with Crippen molar-refractivity contribution in [3.8, 4) is 0 Å². The van der Waals surface area contributed by atoms with E-state index in [0.717, 1.165) is 24.8 Å². The van der Waals surface area contributed by atoms with Crippen molar-refractivity contribution >= 4 is 10.0 Å². The largest absolute Gasteiger partial charge is 0.265 e. The molecule has 2 aromatic rings. The molecular formula is C18H22N2O2S. The number of pyridine rings is 1. The zero-order valence-corrected chi connectivity index (χ0v) is 14.4. The first-order chi connectivity index (χ1) is 10.9. The highest BCUT2D eigenvalue weighted by molar-refractivity contribution is 7.89. The molecule has 0 amide bonds. The van der Waals surface area contributed by atoms with Crippen LogP contribution in [-0.4, -0.2) is 13.4 Å². The van der Waals surface area contributed by atoms with Gasteiger partial charge >= 0.3 is 0 Å². The summed E-state index contributed by atoms with van der Waals surface area (Å²) in [5.74, 6) is 0. The van der Waals surface area contributed by atoms with Gasteiger partial charge in [-0.2, -0.15) is 0 Å². The summed E-state index contributed by atoms with van der Waals surface area (Å²) < 4.78 is 28.4. The number of rotatable bonds is 4. The molecule has 1 N–H and O–H groups in total. The number of nitrogens with zero attached hydrogens (tertiary/aromatic N) is 1. The van der Waals surface area contributed by atoms with Crippen LogP contribution in [0.2, 0.25) is 0 Å². The highest BCUT2D eigenvalue weighted by Crippen LogP contribution is 2.26. The molecule has 0 fully saturated rings. The second-order valence-electron chi connectivity index (χ2n) is 6.60. The topological polar surface area (TPSA) is 59.1 Å². The van der Waals surface area contributed by atoms with Gasteiger partial charge in [0.1, 0.15) is 0 Å². The summed E-state index contributed by atoms with van der Waals surface area (Å²) in [6.45, 7) is 3.72. The molecule has 0 bridgehead atoms. The van der Waals surface area contributed by atoms with Crippen molar-refractivity contribution in [2.45, 2.75) is 50.0 Å². The van der Waals surface area contributed by atoms with Crippen LogP contribution in [0.3, 0.4) is 0 Å². The van der Waals surface area contributed by atoms with Gasteiger partial charge in [0.2, 0.25) is 10.0 Å². The van der Waals surface area contributed by atoms with Crippen molar-refractivity contribution in [1.29, 1.82) is 0 Å². The minimum absolute atomic E-state index is 0.347. The van der Waals surface area contributed by atoms with E-state index in [9.17, 15) is 8.42 Å². The van der Waals surface area contributed by atoms with E-state index in [4.69, 9.17) is 0 Å². The molecule has 3 rings (SSSR count). The first kappa shape index (κ1) is 16.1. The predicted molar refractivity (Wildman–Crippen MR) is 90.7 cm³/mol. The second kappa shape index (κ2) is 6.06. The van der Waals surface area contributed by atoms with Gasteiger partial charge in [-0.25, -0.2) is 13.1 Å². The standard InChI is InChI=1S/C18H22N2O2S/c1-18(2,16-9-11-19-12-10-16)20-23(21,22)17-8-7-14-5-3-4-6-15(14)13-17/h7-13,20H,3-6H2,1-2H3. The molecule has 1 aliphatic carbocycles. The average molecular weight is 330 g/mol.